The summed E-state index contributed by atoms with van der Waals surface area (Å²) in [6.07, 6.45) is 2.22. The molecule has 1 unspecified atom stereocenters. The molecule has 0 aliphatic carbocycles. The van der Waals surface area contributed by atoms with Gasteiger partial charge in [0.2, 0.25) is 5.91 Å². The lowest BCUT2D eigenvalue weighted by Gasteiger charge is -2.34. The van der Waals surface area contributed by atoms with E-state index in [1.165, 1.54) is 17.4 Å². The summed E-state index contributed by atoms with van der Waals surface area (Å²) < 4.78 is 26.2. The number of hydrogen-bond acceptors (Lipinski definition) is 3. The molecule has 1 fully saturated rings. The Bertz CT molecular complexity index is 749. The van der Waals surface area contributed by atoms with E-state index in [0.717, 1.165) is 25.0 Å². The number of rotatable bonds is 3. The highest BCUT2D eigenvalue weighted by Crippen LogP contribution is 2.23. The van der Waals surface area contributed by atoms with Gasteiger partial charge in [-0.1, -0.05) is 6.07 Å². The molecule has 1 aromatic carbocycles. The Morgan fingerprint density at radius 1 is 1.17 bits per heavy atom. The highest BCUT2D eigenvalue weighted by molar-refractivity contribution is 7.12. The summed E-state index contributed by atoms with van der Waals surface area (Å²) in [5.74, 6) is -2.55. The molecule has 3 rings (SSSR count). The first-order valence-corrected chi connectivity index (χ1v) is 8.54. The van der Waals surface area contributed by atoms with Crippen molar-refractivity contribution in [3.05, 3.63) is 52.2 Å². The van der Waals surface area contributed by atoms with Crippen molar-refractivity contribution < 1.29 is 18.4 Å². The Kier molecular flexibility index (Phi) is 4.89. The normalized spacial score (nSPS) is 17.6. The number of nitrogens with one attached hydrogen (secondary N) is 1. The third kappa shape index (κ3) is 3.46. The topological polar surface area (TPSA) is 49.4 Å². The number of amides is 2. The molecule has 126 valence electrons. The first-order chi connectivity index (χ1) is 11.6. The van der Waals surface area contributed by atoms with Gasteiger partial charge in [-0.3, -0.25) is 9.59 Å². The molecule has 0 spiro atoms. The molecule has 1 aliphatic heterocycles. The number of benzene rings is 1. The summed E-state index contributed by atoms with van der Waals surface area (Å²) in [5, 5.41) is 4.39. The van der Waals surface area contributed by atoms with Crippen molar-refractivity contribution in [3.8, 4) is 0 Å². The monoisotopic (exact) mass is 350 g/mol. The van der Waals surface area contributed by atoms with E-state index in [4.69, 9.17) is 0 Å². The lowest BCUT2D eigenvalue weighted by atomic mass is 10.0. The molecule has 0 bridgehead atoms. The number of likely N-dealkylation sites (tertiary alicyclic amines) is 1. The molecule has 2 amide bonds. The van der Waals surface area contributed by atoms with E-state index in [2.05, 4.69) is 5.32 Å². The predicted molar refractivity (Wildman–Crippen MR) is 88.0 cm³/mol. The van der Waals surface area contributed by atoms with Crippen molar-refractivity contribution in [1.29, 1.82) is 0 Å². The van der Waals surface area contributed by atoms with Crippen LogP contribution in [0.1, 0.15) is 28.9 Å². The zero-order valence-electron chi connectivity index (χ0n) is 12.8. The van der Waals surface area contributed by atoms with Gasteiger partial charge in [0.25, 0.3) is 5.91 Å². The summed E-state index contributed by atoms with van der Waals surface area (Å²) in [6, 6.07) is 6.10. The molecule has 1 N–H and O–H groups in total. The van der Waals surface area contributed by atoms with Gasteiger partial charge < -0.3 is 10.2 Å². The van der Waals surface area contributed by atoms with Crippen LogP contribution in [0.2, 0.25) is 0 Å². The van der Waals surface area contributed by atoms with E-state index < -0.39 is 17.7 Å². The van der Waals surface area contributed by atoms with E-state index in [1.807, 2.05) is 5.38 Å². The number of thiophene rings is 1. The maximum Gasteiger partial charge on any atom is 0.264 e. The smallest absolute Gasteiger partial charge is 0.264 e. The van der Waals surface area contributed by atoms with E-state index in [9.17, 15) is 18.4 Å². The number of carbonyl (C=O) groups is 2. The van der Waals surface area contributed by atoms with Gasteiger partial charge in [0.05, 0.1) is 4.88 Å². The van der Waals surface area contributed by atoms with Crippen molar-refractivity contribution in [2.24, 2.45) is 0 Å². The van der Waals surface area contributed by atoms with Crippen LogP contribution in [-0.2, 0) is 4.79 Å². The van der Waals surface area contributed by atoms with E-state index in [0.29, 0.717) is 17.8 Å². The second-order valence-electron chi connectivity index (χ2n) is 5.61. The van der Waals surface area contributed by atoms with Gasteiger partial charge in [0, 0.05) is 18.3 Å². The lowest BCUT2D eigenvalue weighted by Crippen LogP contribution is -2.49. The van der Waals surface area contributed by atoms with E-state index in [-0.39, 0.29) is 17.5 Å². The molecule has 24 heavy (non-hydrogen) atoms. The van der Waals surface area contributed by atoms with Crippen LogP contribution < -0.4 is 5.32 Å². The molecular formula is C17H16F2N2O2S. The molecule has 1 aliphatic rings. The van der Waals surface area contributed by atoms with Crippen LogP contribution in [0.25, 0.3) is 0 Å². The molecular weight excluding hydrogens is 334 g/mol. The Labute approximate surface area is 142 Å². The van der Waals surface area contributed by atoms with Crippen molar-refractivity contribution in [1.82, 2.24) is 4.90 Å². The van der Waals surface area contributed by atoms with Crippen LogP contribution in [0.15, 0.2) is 35.7 Å². The highest BCUT2D eigenvalue weighted by atomic mass is 32.1. The lowest BCUT2D eigenvalue weighted by molar-refractivity contribution is -0.121. The van der Waals surface area contributed by atoms with Crippen molar-refractivity contribution in [2.75, 3.05) is 11.9 Å². The number of nitrogens with zero attached hydrogens (tertiary/aromatic N) is 1. The molecule has 1 atom stereocenters. The Hall–Kier alpha value is -2.28. The van der Waals surface area contributed by atoms with Crippen LogP contribution in [0.4, 0.5) is 14.5 Å². The third-order valence-electron chi connectivity index (χ3n) is 3.99. The quantitative estimate of drug-likeness (QED) is 0.918. The molecule has 0 radical (unpaired) electrons. The van der Waals surface area contributed by atoms with Gasteiger partial charge in [-0.15, -0.1) is 11.3 Å². The maximum absolute atomic E-state index is 13.3. The zero-order valence-corrected chi connectivity index (χ0v) is 13.6. The molecule has 2 aromatic rings. The van der Waals surface area contributed by atoms with Crippen LogP contribution in [0, 0.1) is 11.6 Å². The standard InChI is InChI=1S/C17H16F2N2O2S/c18-12-7-6-11(10-13(12)19)20-16(22)14-4-1-2-8-21(14)17(23)15-5-3-9-24-15/h3,5-7,9-10,14H,1-2,4,8H2,(H,20,22). The van der Waals surface area contributed by atoms with Crippen molar-refractivity contribution in [2.45, 2.75) is 25.3 Å². The Morgan fingerprint density at radius 3 is 2.71 bits per heavy atom. The van der Waals surface area contributed by atoms with E-state index in [1.54, 1.807) is 17.0 Å². The summed E-state index contributed by atoms with van der Waals surface area (Å²) >= 11 is 1.33. The molecule has 1 aromatic heterocycles. The number of piperidine rings is 1. The number of carbonyl (C=O) groups excluding carboxylic acids is 2. The Balaban J connectivity index is 1.75. The van der Waals surface area contributed by atoms with Gasteiger partial charge in [-0.05, 0) is 42.8 Å². The molecule has 1 saturated heterocycles. The van der Waals surface area contributed by atoms with Gasteiger partial charge in [-0.2, -0.15) is 0 Å². The molecule has 7 heteroatoms. The molecule has 0 saturated carbocycles. The van der Waals surface area contributed by atoms with Crippen LogP contribution in [-0.4, -0.2) is 29.3 Å². The fourth-order valence-electron chi connectivity index (χ4n) is 2.79. The molecule has 2 heterocycles. The summed E-state index contributed by atoms with van der Waals surface area (Å²) in [6.45, 7) is 0.507. The minimum atomic E-state index is -1.03. The first-order valence-electron chi connectivity index (χ1n) is 7.66. The van der Waals surface area contributed by atoms with Gasteiger partial charge in [-0.25, -0.2) is 8.78 Å². The maximum atomic E-state index is 13.3. The minimum Gasteiger partial charge on any atom is -0.326 e. The summed E-state index contributed by atoms with van der Waals surface area (Å²) in [4.78, 5) is 27.2. The van der Waals surface area contributed by atoms with Gasteiger partial charge >= 0.3 is 0 Å². The SMILES string of the molecule is O=C(Nc1ccc(F)c(F)c1)C1CCCCN1C(=O)c1cccs1. The number of halogens is 2. The van der Waals surface area contributed by atoms with Crippen molar-refractivity contribution in [3.63, 3.8) is 0 Å². The van der Waals surface area contributed by atoms with Crippen LogP contribution in [0.5, 0.6) is 0 Å². The Morgan fingerprint density at radius 2 is 2.00 bits per heavy atom. The third-order valence-corrected chi connectivity index (χ3v) is 4.84. The van der Waals surface area contributed by atoms with Gasteiger partial charge in [0.1, 0.15) is 6.04 Å². The zero-order chi connectivity index (χ0) is 17.1. The summed E-state index contributed by atoms with van der Waals surface area (Å²) in [7, 11) is 0. The second-order valence-corrected chi connectivity index (χ2v) is 6.55. The molecule has 4 nitrogen and oxygen atoms in total. The summed E-state index contributed by atoms with van der Waals surface area (Å²) in [5.41, 5.74) is 0.174. The average Bonchev–Trinajstić information content (AvgIpc) is 3.12. The predicted octanol–water partition coefficient (Wildman–Crippen LogP) is 3.66. The van der Waals surface area contributed by atoms with Crippen LogP contribution in [0.3, 0.4) is 0 Å². The second kappa shape index (κ2) is 7.09. The van der Waals surface area contributed by atoms with Gasteiger partial charge in [0.15, 0.2) is 11.6 Å². The minimum absolute atomic E-state index is 0.171. The van der Waals surface area contributed by atoms with E-state index >= 15 is 0 Å². The number of anilines is 1. The first kappa shape index (κ1) is 16.6. The van der Waals surface area contributed by atoms with Crippen molar-refractivity contribution >= 4 is 28.8 Å². The number of hydrogen-bond donors (Lipinski definition) is 1. The highest BCUT2D eigenvalue weighted by Gasteiger charge is 2.33. The van der Waals surface area contributed by atoms with Crippen LogP contribution >= 0.6 is 11.3 Å². The fraction of sp³-hybridized carbons (Fsp3) is 0.294. The largest absolute Gasteiger partial charge is 0.326 e. The fourth-order valence-corrected chi connectivity index (χ4v) is 3.47. The average molecular weight is 350 g/mol.